The van der Waals surface area contributed by atoms with Crippen molar-refractivity contribution in [1.82, 2.24) is 5.32 Å². The van der Waals surface area contributed by atoms with E-state index in [-0.39, 0.29) is 12.4 Å². The van der Waals surface area contributed by atoms with Crippen LogP contribution < -0.4 is 5.32 Å². The molecule has 1 N–H and O–H groups in total. The van der Waals surface area contributed by atoms with Crippen molar-refractivity contribution in [1.29, 1.82) is 0 Å². The molecule has 1 aromatic carbocycles. The molecule has 0 aliphatic heterocycles. The molecule has 0 aliphatic carbocycles. The largest absolute Gasteiger partial charge is 0.457 e. The van der Waals surface area contributed by atoms with Gasteiger partial charge in [-0.3, -0.25) is 4.79 Å². The Morgan fingerprint density at radius 1 is 1.25 bits per heavy atom. The van der Waals surface area contributed by atoms with Crippen molar-refractivity contribution in [3.8, 4) is 0 Å². The quantitative estimate of drug-likeness (QED) is 0.860. The van der Waals surface area contributed by atoms with E-state index in [1.165, 1.54) is 12.3 Å². The average Bonchev–Trinajstić information content (AvgIpc) is 2.97. The summed E-state index contributed by atoms with van der Waals surface area (Å²) in [4.78, 5) is 22.9. The number of ether oxygens (including phenoxy) is 1. The Labute approximate surface area is 120 Å². The van der Waals surface area contributed by atoms with Gasteiger partial charge in [-0.2, -0.15) is 0 Å². The molecule has 0 unspecified atom stereocenters. The number of hydrogen-bond donors (Lipinski definition) is 1. The predicted molar refractivity (Wildman–Crippen MR) is 72.3 cm³/mol. The van der Waals surface area contributed by atoms with Crippen LogP contribution in [0.25, 0.3) is 0 Å². The van der Waals surface area contributed by atoms with E-state index in [9.17, 15) is 9.59 Å². The Bertz CT molecular complexity index is 595. The minimum absolute atomic E-state index is 0.0626. The zero-order valence-corrected chi connectivity index (χ0v) is 11.2. The van der Waals surface area contributed by atoms with Crippen molar-refractivity contribution in [3.05, 3.63) is 59.0 Å². The van der Waals surface area contributed by atoms with E-state index in [1.54, 1.807) is 24.3 Å². The van der Waals surface area contributed by atoms with E-state index in [1.807, 2.05) is 6.07 Å². The highest BCUT2D eigenvalue weighted by Gasteiger charge is 2.12. The summed E-state index contributed by atoms with van der Waals surface area (Å²) in [7, 11) is 0. The first-order valence-electron chi connectivity index (χ1n) is 5.87. The van der Waals surface area contributed by atoms with Gasteiger partial charge in [-0.05, 0) is 29.8 Å². The SMILES string of the molecule is O=C(COC(=O)c1ccco1)NCc1cccc(Cl)c1. The van der Waals surface area contributed by atoms with Crippen molar-refractivity contribution >= 4 is 23.5 Å². The molecule has 104 valence electrons. The van der Waals surface area contributed by atoms with Gasteiger partial charge in [-0.15, -0.1) is 0 Å². The highest BCUT2D eigenvalue weighted by Crippen LogP contribution is 2.10. The van der Waals surface area contributed by atoms with Crippen LogP contribution in [0.15, 0.2) is 47.1 Å². The third-order valence-corrected chi connectivity index (χ3v) is 2.67. The molecule has 1 heterocycles. The number of carbonyl (C=O) groups excluding carboxylic acids is 2. The van der Waals surface area contributed by atoms with Crippen LogP contribution >= 0.6 is 11.6 Å². The third kappa shape index (κ3) is 4.13. The molecular weight excluding hydrogens is 282 g/mol. The van der Waals surface area contributed by atoms with E-state index < -0.39 is 11.9 Å². The van der Waals surface area contributed by atoms with E-state index >= 15 is 0 Å². The van der Waals surface area contributed by atoms with Gasteiger partial charge in [-0.1, -0.05) is 23.7 Å². The van der Waals surface area contributed by atoms with Crippen LogP contribution in [0.4, 0.5) is 0 Å². The fourth-order valence-electron chi connectivity index (χ4n) is 1.50. The number of amides is 1. The van der Waals surface area contributed by atoms with E-state index in [0.717, 1.165) is 5.56 Å². The Morgan fingerprint density at radius 2 is 2.10 bits per heavy atom. The molecule has 2 rings (SSSR count). The van der Waals surface area contributed by atoms with Crippen molar-refractivity contribution in [2.75, 3.05) is 6.61 Å². The first kappa shape index (κ1) is 14.1. The Balaban J connectivity index is 1.74. The number of esters is 1. The molecule has 6 heteroatoms. The topological polar surface area (TPSA) is 68.5 Å². The molecule has 0 aliphatic rings. The number of nitrogens with one attached hydrogen (secondary N) is 1. The van der Waals surface area contributed by atoms with Crippen molar-refractivity contribution in [2.24, 2.45) is 0 Å². The average molecular weight is 294 g/mol. The zero-order chi connectivity index (χ0) is 14.4. The number of benzene rings is 1. The molecule has 0 spiro atoms. The summed E-state index contributed by atoms with van der Waals surface area (Å²) in [6.07, 6.45) is 1.36. The summed E-state index contributed by atoms with van der Waals surface area (Å²) in [5, 5.41) is 3.22. The molecule has 5 nitrogen and oxygen atoms in total. The van der Waals surface area contributed by atoms with Gasteiger partial charge in [0.1, 0.15) is 0 Å². The molecule has 0 fully saturated rings. The van der Waals surface area contributed by atoms with Crippen molar-refractivity contribution in [3.63, 3.8) is 0 Å². The molecule has 2 aromatic rings. The number of halogens is 1. The van der Waals surface area contributed by atoms with Crippen LogP contribution in [0.3, 0.4) is 0 Å². The highest BCUT2D eigenvalue weighted by molar-refractivity contribution is 6.30. The molecule has 1 aromatic heterocycles. The summed E-state index contributed by atoms with van der Waals surface area (Å²) < 4.78 is 9.64. The van der Waals surface area contributed by atoms with Crippen LogP contribution in [-0.2, 0) is 16.1 Å². The molecule has 0 saturated carbocycles. The lowest BCUT2D eigenvalue weighted by Gasteiger charge is -2.06. The maximum absolute atomic E-state index is 11.5. The number of hydrogen-bond acceptors (Lipinski definition) is 4. The Morgan fingerprint density at radius 3 is 2.80 bits per heavy atom. The summed E-state index contributed by atoms with van der Waals surface area (Å²) in [6.45, 7) is -0.0439. The van der Waals surface area contributed by atoms with Crippen LogP contribution in [0.2, 0.25) is 5.02 Å². The van der Waals surface area contributed by atoms with Gasteiger partial charge >= 0.3 is 5.97 Å². The summed E-state index contributed by atoms with van der Waals surface area (Å²) >= 11 is 5.83. The lowest BCUT2D eigenvalue weighted by atomic mass is 10.2. The van der Waals surface area contributed by atoms with E-state index in [0.29, 0.717) is 11.6 Å². The molecule has 0 saturated heterocycles. The standard InChI is InChI=1S/C14H12ClNO4/c15-11-4-1-3-10(7-11)8-16-13(17)9-20-14(18)12-5-2-6-19-12/h1-7H,8-9H2,(H,16,17). The van der Waals surface area contributed by atoms with E-state index in [4.69, 9.17) is 20.8 Å². The van der Waals surface area contributed by atoms with Crippen molar-refractivity contribution in [2.45, 2.75) is 6.54 Å². The van der Waals surface area contributed by atoms with Gasteiger partial charge in [0, 0.05) is 11.6 Å². The zero-order valence-electron chi connectivity index (χ0n) is 10.5. The number of rotatable bonds is 5. The van der Waals surface area contributed by atoms with Gasteiger partial charge in [0.2, 0.25) is 5.76 Å². The fourth-order valence-corrected chi connectivity index (χ4v) is 1.71. The minimum atomic E-state index is -0.673. The second-order valence-corrected chi connectivity index (χ2v) is 4.40. The monoisotopic (exact) mass is 293 g/mol. The maximum Gasteiger partial charge on any atom is 0.374 e. The second-order valence-electron chi connectivity index (χ2n) is 3.96. The number of furan rings is 1. The molecular formula is C14H12ClNO4. The van der Waals surface area contributed by atoms with Crippen LogP contribution in [-0.4, -0.2) is 18.5 Å². The van der Waals surface area contributed by atoms with Gasteiger partial charge in [0.05, 0.1) is 6.26 Å². The van der Waals surface area contributed by atoms with Gasteiger partial charge in [-0.25, -0.2) is 4.79 Å². The molecule has 20 heavy (non-hydrogen) atoms. The predicted octanol–water partition coefficient (Wildman–Crippen LogP) is 2.41. The van der Waals surface area contributed by atoms with Gasteiger partial charge < -0.3 is 14.5 Å². The first-order chi connectivity index (χ1) is 9.65. The molecule has 0 radical (unpaired) electrons. The Hall–Kier alpha value is -2.27. The van der Waals surface area contributed by atoms with E-state index in [2.05, 4.69) is 5.32 Å². The Kier molecular flexibility index (Phi) is 4.79. The van der Waals surface area contributed by atoms with Crippen LogP contribution in [0.5, 0.6) is 0 Å². The maximum atomic E-state index is 11.5. The smallest absolute Gasteiger partial charge is 0.374 e. The van der Waals surface area contributed by atoms with Gasteiger partial charge in [0.25, 0.3) is 5.91 Å². The minimum Gasteiger partial charge on any atom is -0.457 e. The normalized spacial score (nSPS) is 10.1. The second kappa shape index (κ2) is 6.77. The van der Waals surface area contributed by atoms with Crippen LogP contribution in [0, 0.1) is 0 Å². The van der Waals surface area contributed by atoms with Crippen LogP contribution in [0.1, 0.15) is 16.1 Å². The lowest BCUT2D eigenvalue weighted by Crippen LogP contribution is -2.28. The highest BCUT2D eigenvalue weighted by atomic mass is 35.5. The third-order valence-electron chi connectivity index (χ3n) is 2.44. The van der Waals surface area contributed by atoms with Crippen molar-refractivity contribution < 1.29 is 18.7 Å². The van der Waals surface area contributed by atoms with Gasteiger partial charge in [0.15, 0.2) is 6.61 Å². The fraction of sp³-hybridized carbons (Fsp3) is 0.143. The summed E-state index contributed by atoms with van der Waals surface area (Å²) in [5.74, 6) is -1.01. The molecule has 0 bridgehead atoms. The molecule has 0 atom stereocenters. The summed E-state index contributed by atoms with van der Waals surface area (Å²) in [6, 6.07) is 10.2. The first-order valence-corrected chi connectivity index (χ1v) is 6.25. The lowest BCUT2D eigenvalue weighted by molar-refractivity contribution is -0.124. The molecule has 1 amide bonds. The number of carbonyl (C=O) groups is 2. The summed E-state index contributed by atoms with van der Waals surface area (Å²) in [5.41, 5.74) is 0.864.